The van der Waals surface area contributed by atoms with E-state index in [1.54, 1.807) is 36.6 Å². The maximum atomic E-state index is 14.0. The van der Waals surface area contributed by atoms with Gasteiger partial charge in [-0.3, -0.25) is 10.1 Å². The lowest BCUT2D eigenvalue weighted by Gasteiger charge is -2.05. The molecule has 160 valence electrons. The average Bonchev–Trinajstić information content (AvgIpc) is 3.55. The van der Waals surface area contributed by atoms with E-state index in [4.69, 9.17) is 13.7 Å². The number of furan rings is 1. The Hall–Kier alpha value is -4.05. The average molecular weight is 450 g/mol. The molecule has 4 aromatic heterocycles. The number of benzene rings is 1. The van der Waals surface area contributed by atoms with Crippen LogP contribution in [0.5, 0.6) is 5.75 Å². The Balaban J connectivity index is 1.47. The summed E-state index contributed by atoms with van der Waals surface area (Å²) in [6, 6.07) is 9.65. The highest BCUT2D eigenvalue weighted by Crippen LogP contribution is 2.31. The zero-order valence-corrected chi connectivity index (χ0v) is 17.7. The van der Waals surface area contributed by atoms with Crippen molar-refractivity contribution in [1.29, 1.82) is 0 Å². The second-order valence-electron chi connectivity index (χ2n) is 6.82. The minimum atomic E-state index is -0.490. The number of carbonyl (C=O) groups is 1. The summed E-state index contributed by atoms with van der Waals surface area (Å²) >= 11 is 1.23. The van der Waals surface area contributed by atoms with Crippen LogP contribution in [0.25, 0.3) is 33.8 Å². The fraction of sp³-hybridized carbons (Fsp3) is 0.0909. The number of rotatable bonds is 5. The van der Waals surface area contributed by atoms with Crippen LogP contribution in [-0.2, 0) is 0 Å². The van der Waals surface area contributed by atoms with Gasteiger partial charge < -0.3 is 13.7 Å². The van der Waals surface area contributed by atoms with Crippen molar-refractivity contribution >= 4 is 33.5 Å². The smallest absolute Gasteiger partial charge is 0.259 e. The highest BCUT2D eigenvalue weighted by atomic mass is 32.1. The Labute approximate surface area is 184 Å². The van der Waals surface area contributed by atoms with Gasteiger partial charge in [0.15, 0.2) is 22.5 Å². The van der Waals surface area contributed by atoms with Crippen LogP contribution in [0.4, 0.5) is 9.52 Å². The van der Waals surface area contributed by atoms with Crippen LogP contribution in [0.2, 0.25) is 0 Å². The van der Waals surface area contributed by atoms with E-state index < -0.39 is 11.7 Å². The van der Waals surface area contributed by atoms with Gasteiger partial charge in [0.1, 0.15) is 5.69 Å². The second kappa shape index (κ2) is 7.89. The van der Waals surface area contributed by atoms with Gasteiger partial charge in [-0.2, -0.15) is 0 Å². The summed E-state index contributed by atoms with van der Waals surface area (Å²) < 4.78 is 29.7. The SMILES string of the molecule is COc1ccc(-c2csc(NC(=O)c3cc(-c4ccco4)nc4onc(C)c34)n2)cc1F. The van der Waals surface area contributed by atoms with Gasteiger partial charge >= 0.3 is 0 Å². The number of amides is 1. The van der Waals surface area contributed by atoms with E-state index in [2.05, 4.69) is 20.4 Å². The second-order valence-corrected chi connectivity index (χ2v) is 7.68. The van der Waals surface area contributed by atoms with E-state index in [1.807, 2.05) is 0 Å². The molecule has 8 nitrogen and oxygen atoms in total. The largest absolute Gasteiger partial charge is 0.494 e. The molecule has 1 N–H and O–H groups in total. The molecule has 10 heteroatoms. The zero-order chi connectivity index (χ0) is 22.2. The van der Waals surface area contributed by atoms with Gasteiger partial charge in [0.2, 0.25) is 0 Å². The number of fused-ring (bicyclic) bond motifs is 1. The van der Waals surface area contributed by atoms with Crippen molar-refractivity contribution in [3.63, 3.8) is 0 Å². The first-order valence-electron chi connectivity index (χ1n) is 9.45. The van der Waals surface area contributed by atoms with Crippen molar-refractivity contribution in [2.45, 2.75) is 6.92 Å². The number of anilines is 1. The van der Waals surface area contributed by atoms with Crippen LogP contribution in [0.15, 0.2) is 57.0 Å². The van der Waals surface area contributed by atoms with Crippen LogP contribution >= 0.6 is 11.3 Å². The van der Waals surface area contributed by atoms with Crippen LogP contribution < -0.4 is 10.1 Å². The van der Waals surface area contributed by atoms with Gasteiger partial charge in [-0.15, -0.1) is 11.3 Å². The molecule has 1 amide bonds. The van der Waals surface area contributed by atoms with E-state index in [0.717, 1.165) is 0 Å². The number of hydrogen-bond acceptors (Lipinski definition) is 8. The lowest BCUT2D eigenvalue weighted by molar-refractivity contribution is 0.102. The Morgan fingerprint density at radius 3 is 2.81 bits per heavy atom. The quantitative estimate of drug-likeness (QED) is 0.387. The molecule has 0 radical (unpaired) electrons. The Kier molecular flexibility index (Phi) is 4.91. The molecular weight excluding hydrogens is 435 g/mol. The number of nitrogens with one attached hydrogen (secondary N) is 1. The molecule has 0 spiro atoms. The lowest BCUT2D eigenvalue weighted by Crippen LogP contribution is -2.13. The standard InChI is InChI=1S/C22H15FN4O4S/c1-11-19-13(9-15(18-4-3-7-30-18)24-21(19)31-27-11)20(28)26-22-25-16(10-32-22)12-5-6-17(29-2)14(23)8-12/h3-10H,1-2H3,(H,25,26,28). The highest BCUT2D eigenvalue weighted by Gasteiger charge is 2.21. The summed E-state index contributed by atoms with van der Waals surface area (Å²) in [6.07, 6.45) is 1.52. The van der Waals surface area contributed by atoms with E-state index in [1.165, 1.54) is 36.8 Å². The topological polar surface area (TPSA) is 103 Å². The number of hydrogen-bond donors (Lipinski definition) is 1. The van der Waals surface area contributed by atoms with Crippen LogP contribution in [0.3, 0.4) is 0 Å². The minimum absolute atomic E-state index is 0.149. The third kappa shape index (κ3) is 3.50. The summed E-state index contributed by atoms with van der Waals surface area (Å²) in [5.41, 5.74) is 2.64. The van der Waals surface area contributed by atoms with Crippen LogP contribution in [0, 0.1) is 12.7 Å². The monoisotopic (exact) mass is 450 g/mol. The van der Waals surface area contributed by atoms with Gasteiger partial charge in [0, 0.05) is 10.9 Å². The predicted octanol–water partition coefficient (Wildman–Crippen LogP) is 5.31. The first kappa shape index (κ1) is 19.9. The van der Waals surface area contributed by atoms with Gasteiger partial charge in [0.05, 0.1) is 35.7 Å². The summed E-state index contributed by atoms with van der Waals surface area (Å²) in [5.74, 6) is -0.252. The van der Waals surface area contributed by atoms with E-state index >= 15 is 0 Å². The van der Waals surface area contributed by atoms with Crippen molar-refractivity contribution < 1.29 is 22.9 Å². The van der Waals surface area contributed by atoms with E-state index in [9.17, 15) is 9.18 Å². The van der Waals surface area contributed by atoms with Crippen LogP contribution in [0.1, 0.15) is 16.1 Å². The molecule has 0 unspecified atom stereocenters. The number of aromatic nitrogens is 3. The van der Waals surface area contributed by atoms with Crippen molar-refractivity contribution in [2.24, 2.45) is 0 Å². The molecule has 0 aliphatic carbocycles. The maximum absolute atomic E-state index is 14.0. The lowest BCUT2D eigenvalue weighted by atomic mass is 10.1. The van der Waals surface area contributed by atoms with Gasteiger partial charge in [-0.05, 0) is 43.3 Å². The highest BCUT2D eigenvalue weighted by molar-refractivity contribution is 7.14. The first-order valence-corrected chi connectivity index (χ1v) is 10.3. The van der Waals surface area contributed by atoms with Gasteiger partial charge in [0.25, 0.3) is 11.6 Å². The summed E-state index contributed by atoms with van der Waals surface area (Å²) in [5, 5.41) is 9.32. The maximum Gasteiger partial charge on any atom is 0.259 e. The molecule has 0 fully saturated rings. The Morgan fingerprint density at radius 1 is 1.19 bits per heavy atom. The molecule has 5 aromatic rings. The number of pyridine rings is 1. The molecule has 0 atom stereocenters. The third-order valence-electron chi connectivity index (χ3n) is 4.81. The number of methoxy groups -OCH3 is 1. The molecule has 0 aliphatic rings. The molecule has 4 heterocycles. The third-order valence-corrected chi connectivity index (χ3v) is 5.57. The van der Waals surface area contributed by atoms with Crippen molar-refractivity contribution in [3.8, 4) is 28.5 Å². The number of thiazole rings is 1. The predicted molar refractivity (Wildman–Crippen MR) is 116 cm³/mol. The van der Waals surface area contributed by atoms with Crippen molar-refractivity contribution in [3.05, 3.63) is 65.1 Å². The Morgan fingerprint density at radius 2 is 2.06 bits per heavy atom. The van der Waals surface area contributed by atoms with E-state index in [-0.39, 0.29) is 11.5 Å². The number of aryl methyl sites for hydroxylation is 1. The Bertz CT molecular complexity index is 1440. The van der Waals surface area contributed by atoms with Crippen LogP contribution in [-0.4, -0.2) is 28.1 Å². The molecule has 0 saturated carbocycles. The van der Waals surface area contributed by atoms with Gasteiger partial charge in [-0.25, -0.2) is 14.4 Å². The molecule has 0 bridgehead atoms. The van der Waals surface area contributed by atoms with E-state index in [0.29, 0.717) is 44.5 Å². The van der Waals surface area contributed by atoms with Crippen molar-refractivity contribution in [1.82, 2.24) is 15.1 Å². The normalized spacial score (nSPS) is 11.1. The molecule has 0 saturated heterocycles. The van der Waals surface area contributed by atoms with Crippen molar-refractivity contribution in [2.75, 3.05) is 12.4 Å². The number of carbonyl (C=O) groups excluding carboxylic acids is 1. The zero-order valence-electron chi connectivity index (χ0n) is 16.9. The molecule has 32 heavy (non-hydrogen) atoms. The number of nitrogens with zero attached hydrogens (tertiary/aromatic N) is 3. The first-order chi connectivity index (χ1) is 15.5. The minimum Gasteiger partial charge on any atom is -0.494 e. The fourth-order valence-corrected chi connectivity index (χ4v) is 3.99. The summed E-state index contributed by atoms with van der Waals surface area (Å²) in [6.45, 7) is 1.73. The summed E-state index contributed by atoms with van der Waals surface area (Å²) in [7, 11) is 1.40. The molecule has 0 aliphatic heterocycles. The van der Waals surface area contributed by atoms with Gasteiger partial charge in [-0.1, -0.05) is 5.16 Å². The molecule has 5 rings (SSSR count). The summed E-state index contributed by atoms with van der Waals surface area (Å²) in [4.78, 5) is 21.9. The number of ether oxygens (including phenoxy) is 1. The fourth-order valence-electron chi connectivity index (χ4n) is 3.28. The number of halogens is 1. The molecular formula is C22H15FN4O4S. The molecule has 1 aromatic carbocycles.